The fourth-order valence-electron chi connectivity index (χ4n) is 6.75. The monoisotopic (exact) mass is 1110 g/mol. The summed E-state index contributed by atoms with van der Waals surface area (Å²) >= 11 is 0. The Kier molecular flexibility index (Phi) is 15.9. The molecule has 0 bridgehead atoms. The number of hydrogen-bond acceptors (Lipinski definition) is 5. The highest BCUT2D eigenvalue weighted by Gasteiger charge is 2.39. The summed E-state index contributed by atoms with van der Waals surface area (Å²) in [6, 6.07) is 29.6. The van der Waals surface area contributed by atoms with E-state index in [1.165, 1.54) is 20.2 Å². The van der Waals surface area contributed by atoms with Gasteiger partial charge in [0.05, 0.1) is 22.4 Å². The first-order chi connectivity index (χ1) is 35.8. The van der Waals surface area contributed by atoms with Crippen molar-refractivity contribution in [3.05, 3.63) is 218 Å². The van der Waals surface area contributed by atoms with Crippen LogP contribution in [-0.2, 0) is 10.9 Å². The second-order valence-corrected chi connectivity index (χ2v) is 16.9. The minimum atomic E-state index is -3.17. The van der Waals surface area contributed by atoms with Gasteiger partial charge in [-0.2, -0.15) is 26.3 Å². The van der Waals surface area contributed by atoms with Crippen LogP contribution in [0, 0.1) is 123 Å². The molecule has 0 unspecified atom stereocenters. The maximum atomic E-state index is 15.2. The van der Waals surface area contributed by atoms with Crippen LogP contribution in [-0.4, -0.2) is 5.97 Å². The lowest BCUT2D eigenvalue weighted by atomic mass is 9.95. The minimum Gasteiger partial charge on any atom is -0.545 e. The summed E-state index contributed by atoms with van der Waals surface area (Å²) in [6.07, 6.45) is 0. The van der Waals surface area contributed by atoms with E-state index in [9.17, 15) is 88.9 Å². The predicted molar refractivity (Wildman–Crippen MR) is 221 cm³/mol. The first-order valence-corrected chi connectivity index (χ1v) is 21.5. The molecule has 0 aromatic heterocycles. The Morgan fingerprint density at radius 1 is 0.355 bits per heavy atom. The third-order valence-electron chi connectivity index (χ3n) is 10.3. The van der Waals surface area contributed by atoms with E-state index in [1.54, 1.807) is 0 Å². The SMILES string of the molecule is Cc1ccccc1[S+](c1ccccc1)c1ccccc1.O=C([O-])c1cc(Oc2c(F)c(F)c(F)c(F)c2F)c(Oc2c(F)c(F)c(F)c(F)c2F)c(Oc2c(F)c(F)c(F)c(F)c2F)c1-c1c(F)c(F)c(F)c(F)c1F. The molecule has 0 aliphatic rings. The number of ether oxygens (including phenoxy) is 3. The summed E-state index contributed by atoms with van der Waals surface area (Å²) in [7, 11) is -0.0262. The molecule has 26 heteroatoms. The average molecular weight is 1110 g/mol. The molecule has 0 atom stereocenters. The Labute approximate surface area is 413 Å². The third-order valence-corrected chi connectivity index (χ3v) is 12.7. The molecule has 0 heterocycles. The van der Waals surface area contributed by atoms with Crippen LogP contribution < -0.4 is 19.3 Å². The Balaban J connectivity index is 0.000000348. The highest BCUT2D eigenvalue weighted by Crippen LogP contribution is 2.55. The largest absolute Gasteiger partial charge is 0.545 e. The van der Waals surface area contributed by atoms with E-state index in [4.69, 9.17) is 0 Å². The van der Waals surface area contributed by atoms with Gasteiger partial charge in [-0.3, -0.25) is 0 Å². The number of carbonyl (C=O) groups is 1. The van der Waals surface area contributed by atoms with Crippen LogP contribution in [0.5, 0.6) is 34.5 Å². The Bertz CT molecular complexity index is 3490. The van der Waals surface area contributed by atoms with Crippen LogP contribution in [0.1, 0.15) is 15.9 Å². The van der Waals surface area contributed by atoms with Crippen LogP contribution in [0.15, 0.2) is 106 Å². The number of halogens is 20. The lowest BCUT2D eigenvalue weighted by Gasteiger charge is -2.24. The van der Waals surface area contributed by atoms with Gasteiger partial charge in [0.15, 0.2) is 49.5 Å². The van der Waals surface area contributed by atoms with Crippen molar-refractivity contribution in [2.75, 3.05) is 0 Å². The van der Waals surface area contributed by atoms with Crippen molar-refractivity contribution in [3.8, 4) is 45.6 Å². The minimum absolute atomic E-state index is 0.0262. The summed E-state index contributed by atoms with van der Waals surface area (Å²) in [5.74, 6) is -81.2. The van der Waals surface area contributed by atoms with Gasteiger partial charge >= 0.3 is 0 Å². The van der Waals surface area contributed by atoms with Crippen molar-refractivity contribution in [2.24, 2.45) is 0 Å². The molecule has 394 valence electrons. The van der Waals surface area contributed by atoms with Gasteiger partial charge in [0.2, 0.25) is 116 Å². The van der Waals surface area contributed by atoms with Gasteiger partial charge in [0.1, 0.15) is 0 Å². The molecule has 5 nitrogen and oxygen atoms in total. The van der Waals surface area contributed by atoms with E-state index in [-0.39, 0.29) is 10.9 Å². The predicted octanol–water partition coefficient (Wildman–Crippen LogP) is 15.0. The van der Waals surface area contributed by atoms with E-state index in [1.807, 2.05) is 0 Å². The van der Waals surface area contributed by atoms with Crippen LogP contribution in [0.4, 0.5) is 87.8 Å². The van der Waals surface area contributed by atoms with Crippen molar-refractivity contribution >= 4 is 16.9 Å². The molecule has 0 saturated carbocycles. The molecule has 8 rings (SSSR count). The summed E-state index contributed by atoms with van der Waals surface area (Å²) in [5.41, 5.74) is -6.35. The first-order valence-electron chi connectivity index (χ1n) is 20.3. The van der Waals surface area contributed by atoms with Crippen LogP contribution in [0.25, 0.3) is 11.1 Å². The third kappa shape index (κ3) is 9.86. The lowest BCUT2D eigenvalue weighted by molar-refractivity contribution is -0.255. The van der Waals surface area contributed by atoms with Crippen LogP contribution >= 0.6 is 0 Å². The van der Waals surface area contributed by atoms with Crippen molar-refractivity contribution in [3.63, 3.8) is 0 Å². The van der Waals surface area contributed by atoms with Gasteiger partial charge in [-0.25, -0.2) is 61.5 Å². The van der Waals surface area contributed by atoms with Gasteiger partial charge < -0.3 is 24.1 Å². The van der Waals surface area contributed by atoms with Gasteiger partial charge in [-0.05, 0) is 43.3 Å². The van der Waals surface area contributed by atoms with E-state index in [2.05, 4.69) is 106 Å². The van der Waals surface area contributed by atoms with E-state index >= 15 is 8.78 Å². The van der Waals surface area contributed by atoms with Crippen LogP contribution in [0.2, 0.25) is 0 Å². The number of benzene rings is 8. The molecular formula is C50H18F20O5S. The van der Waals surface area contributed by atoms with Gasteiger partial charge in [0.25, 0.3) is 0 Å². The molecule has 8 aromatic carbocycles. The number of hydrogen-bond donors (Lipinski definition) is 0. The quantitative estimate of drug-likeness (QED) is 0.0559. The molecule has 76 heavy (non-hydrogen) atoms. The molecule has 0 saturated heterocycles. The molecule has 8 aromatic rings. The Morgan fingerprint density at radius 2 is 0.658 bits per heavy atom. The topological polar surface area (TPSA) is 67.8 Å². The number of aryl methyl sites for hydroxylation is 1. The highest BCUT2D eigenvalue weighted by molar-refractivity contribution is 7.97. The van der Waals surface area contributed by atoms with Crippen molar-refractivity contribution in [1.29, 1.82) is 0 Å². The summed E-state index contributed by atoms with van der Waals surface area (Å²) in [5, 5.41) is 12.3. The highest BCUT2D eigenvalue weighted by atomic mass is 32.2. The fourth-order valence-corrected chi connectivity index (χ4v) is 8.99. The zero-order valence-electron chi connectivity index (χ0n) is 36.7. The maximum absolute atomic E-state index is 15.2. The summed E-state index contributed by atoms with van der Waals surface area (Å²) < 4.78 is 302. The fraction of sp³-hybridized carbons (Fsp3) is 0.0200. The molecule has 0 fully saturated rings. The molecule has 0 radical (unpaired) electrons. The smallest absolute Gasteiger partial charge is 0.213 e. The molecule has 0 N–H and O–H groups in total. The Morgan fingerprint density at radius 3 is 1.01 bits per heavy atom. The average Bonchev–Trinajstić information content (AvgIpc) is 3.41. The normalized spacial score (nSPS) is 11.2. The second-order valence-electron chi connectivity index (χ2n) is 14.9. The zero-order chi connectivity index (χ0) is 55.9. The molecule has 0 aliphatic carbocycles. The van der Waals surface area contributed by atoms with Gasteiger partial charge in [-0.15, -0.1) is 0 Å². The summed E-state index contributed by atoms with van der Waals surface area (Å²) in [4.78, 5) is 16.4. The van der Waals surface area contributed by atoms with Crippen molar-refractivity contribution < 1.29 is 112 Å². The van der Waals surface area contributed by atoms with Crippen LogP contribution in [0.3, 0.4) is 0 Å². The van der Waals surface area contributed by atoms with Crippen molar-refractivity contribution in [1.82, 2.24) is 0 Å². The van der Waals surface area contributed by atoms with Gasteiger partial charge in [-0.1, -0.05) is 54.6 Å². The van der Waals surface area contributed by atoms with Gasteiger partial charge in [0, 0.05) is 16.7 Å². The second kappa shape index (κ2) is 21.8. The number of rotatable bonds is 11. The molecule has 0 amide bonds. The van der Waals surface area contributed by atoms with E-state index < -0.39 is 180 Å². The van der Waals surface area contributed by atoms with E-state index in [0.717, 1.165) is 0 Å². The number of carboxylic acid groups (broad SMARTS) is 1. The first kappa shape index (κ1) is 55.3. The molecular weight excluding hydrogens is 1090 g/mol. The number of carbonyl (C=O) groups excluding carboxylic acids is 1. The standard InChI is InChI=1S/C31H2F20O5.C19H17S/c32-6-5(7(33)9(35)10(36)8(6)34)4-2(31(52)53)1-3(54-28-20(46)14(40)11(37)15(41)21(28)47)26(55-29-22(48)16(42)12(38)17(43)23(29)49)27(4)56-30-24(50)18(44)13(39)19(45)25(30)51;1-16-10-8-9-15-19(16)20(17-11-4-2-5-12-17)18-13-6-3-7-14-18/h1H,(H,52,53);2-15H,1H3/q;+1/p-1. The van der Waals surface area contributed by atoms with E-state index in [0.29, 0.717) is 0 Å². The number of aromatic carboxylic acids is 1. The molecule has 0 aliphatic heterocycles. The zero-order valence-corrected chi connectivity index (χ0v) is 37.5. The molecule has 0 spiro atoms. The Hall–Kier alpha value is -8.42. The summed E-state index contributed by atoms with van der Waals surface area (Å²) in [6.45, 7) is 2.20. The van der Waals surface area contributed by atoms with Crippen molar-refractivity contribution in [2.45, 2.75) is 21.6 Å². The number of carboxylic acids is 1. The lowest BCUT2D eigenvalue weighted by Crippen LogP contribution is -2.24. The maximum Gasteiger partial charge on any atom is 0.213 e.